The minimum atomic E-state index is -4.93. The van der Waals surface area contributed by atoms with Gasteiger partial charge < -0.3 is 20.6 Å². The van der Waals surface area contributed by atoms with E-state index in [1.165, 1.54) is 6.92 Å². The van der Waals surface area contributed by atoms with E-state index in [1.807, 2.05) is 0 Å². The molecule has 1 aromatic heterocycles. The number of hydrogen-bond donors (Lipinski definition) is 1. The Kier molecular flexibility index (Phi) is 5.76. The molecule has 1 spiro atoms. The number of nitrogens with two attached hydrogens (primary N) is 1. The van der Waals surface area contributed by atoms with Crippen molar-refractivity contribution in [3.05, 3.63) is 46.7 Å². The molecule has 1 amide bonds. The summed E-state index contributed by atoms with van der Waals surface area (Å²) < 4.78 is 109. The summed E-state index contributed by atoms with van der Waals surface area (Å²) in [4.78, 5) is 17.5. The number of phosphoric acid groups is 1. The van der Waals surface area contributed by atoms with Gasteiger partial charge in [-0.15, -0.1) is 0 Å². The van der Waals surface area contributed by atoms with Crippen LogP contribution in [-0.4, -0.2) is 38.4 Å². The predicted octanol–water partition coefficient (Wildman–Crippen LogP) is 2.52. The standard InChI is InChI=1S/C18H15F6N4O5P.H2O/c1-7-14-15-26-16(18(22,23)24)28(14)17(32-34(30,31-15)33-17)6-27(7)13(29)4-9(25)2-8-3-11(20)12(21)5-10(8)19;/h3,5,7,9H,2,4,6,25H2,1H3;1H2/t7-,9-,17?,34?;/m1./s1. The molecule has 2 atom stereocenters. The molecule has 0 aliphatic carbocycles. The average molecular weight is 530 g/mol. The third kappa shape index (κ3) is 3.89. The number of amides is 1. The lowest BCUT2D eigenvalue weighted by molar-refractivity contribution is -0.295. The second kappa shape index (κ2) is 7.93. The van der Waals surface area contributed by atoms with Gasteiger partial charge in [-0.05, 0) is 25.0 Å². The van der Waals surface area contributed by atoms with Crippen LogP contribution in [0.4, 0.5) is 26.3 Å². The van der Waals surface area contributed by atoms with E-state index in [9.17, 15) is 35.7 Å². The summed E-state index contributed by atoms with van der Waals surface area (Å²) >= 11 is 0. The molecule has 35 heavy (non-hydrogen) atoms. The molecule has 4 aliphatic rings. The quantitative estimate of drug-likeness (QED) is 0.364. The van der Waals surface area contributed by atoms with Crippen molar-refractivity contribution in [1.82, 2.24) is 14.5 Å². The summed E-state index contributed by atoms with van der Waals surface area (Å²) in [6, 6.07) is -1.12. The Morgan fingerprint density at radius 3 is 2.51 bits per heavy atom. The van der Waals surface area contributed by atoms with Gasteiger partial charge in [-0.3, -0.25) is 9.36 Å². The van der Waals surface area contributed by atoms with Gasteiger partial charge in [0.05, 0.1) is 12.6 Å². The van der Waals surface area contributed by atoms with Crippen LogP contribution >= 0.6 is 7.82 Å². The monoisotopic (exact) mass is 530 g/mol. The summed E-state index contributed by atoms with van der Waals surface area (Å²) in [6.45, 7) is 0.795. The number of aromatic nitrogens is 2. The molecule has 1 saturated heterocycles. The molecule has 5 heterocycles. The second-order valence-corrected chi connectivity index (χ2v) is 9.56. The first-order valence-corrected chi connectivity index (χ1v) is 11.3. The van der Waals surface area contributed by atoms with Crippen LogP contribution in [0.5, 0.6) is 5.88 Å². The van der Waals surface area contributed by atoms with E-state index >= 15 is 0 Å². The van der Waals surface area contributed by atoms with Crippen molar-refractivity contribution in [3.63, 3.8) is 0 Å². The predicted molar refractivity (Wildman–Crippen MR) is 102 cm³/mol. The number of imidazole rings is 1. The second-order valence-electron chi connectivity index (χ2n) is 8.12. The Morgan fingerprint density at radius 2 is 1.89 bits per heavy atom. The van der Waals surface area contributed by atoms with Crippen molar-refractivity contribution in [2.45, 2.75) is 43.9 Å². The van der Waals surface area contributed by atoms with Crippen molar-refractivity contribution in [2.75, 3.05) is 6.54 Å². The normalized spacial score (nSPS) is 27.3. The molecule has 10 nitrogen and oxygen atoms in total. The summed E-state index contributed by atoms with van der Waals surface area (Å²) in [5.41, 5.74) is 5.43. The number of benzene rings is 1. The van der Waals surface area contributed by atoms with Crippen molar-refractivity contribution in [3.8, 4) is 5.88 Å². The van der Waals surface area contributed by atoms with E-state index in [1.54, 1.807) is 0 Å². The van der Waals surface area contributed by atoms with Gasteiger partial charge in [-0.25, -0.2) is 26.8 Å². The van der Waals surface area contributed by atoms with Crippen LogP contribution in [-0.2, 0) is 36.9 Å². The van der Waals surface area contributed by atoms with Gasteiger partial charge in [0.15, 0.2) is 11.6 Å². The number of halogens is 6. The third-order valence-electron chi connectivity index (χ3n) is 5.74. The Labute approximate surface area is 192 Å². The first kappa shape index (κ1) is 25.4. The SMILES string of the molecule is C[C@@H]1c2c3nc(C(F)(F)F)n2C2(CN1C(=O)C[C@H](N)Cc1cc(F)c(F)cc1F)OP(=O)(O3)O2.O. The molecule has 4 aliphatic heterocycles. The highest BCUT2D eigenvalue weighted by Gasteiger charge is 2.69. The van der Waals surface area contributed by atoms with Gasteiger partial charge >= 0.3 is 14.0 Å². The van der Waals surface area contributed by atoms with Crippen LogP contribution in [0.2, 0.25) is 0 Å². The number of rotatable bonds is 4. The van der Waals surface area contributed by atoms with Crippen molar-refractivity contribution < 1.29 is 54.7 Å². The van der Waals surface area contributed by atoms with Crippen molar-refractivity contribution in [2.24, 2.45) is 5.73 Å². The molecule has 0 saturated carbocycles. The molecule has 192 valence electrons. The van der Waals surface area contributed by atoms with E-state index in [0.29, 0.717) is 16.7 Å². The largest absolute Gasteiger partial charge is 0.539 e. The van der Waals surface area contributed by atoms with Gasteiger partial charge in [0.25, 0.3) is 5.91 Å². The molecule has 1 aromatic carbocycles. The van der Waals surface area contributed by atoms with Gasteiger partial charge in [0, 0.05) is 18.5 Å². The third-order valence-corrected chi connectivity index (χ3v) is 7.16. The molecule has 1 fully saturated rings. The van der Waals surface area contributed by atoms with E-state index in [4.69, 9.17) is 19.3 Å². The van der Waals surface area contributed by atoms with E-state index in [0.717, 1.165) is 4.90 Å². The molecule has 6 rings (SSSR count). The maximum absolute atomic E-state index is 13.9. The lowest BCUT2D eigenvalue weighted by Crippen LogP contribution is -2.60. The summed E-state index contributed by atoms with van der Waals surface area (Å²) in [5, 5.41) is 0. The van der Waals surface area contributed by atoms with Crippen molar-refractivity contribution in [1.29, 1.82) is 0 Å². The lowest BCUT2D eigenvalue weighted by atomic mass is 10.0. The first-order valence-electron chi connectivity index (χ1n) is 9.83. The zero-order valence-corrected chi connectivity index (χ0v) is 18.5. The number of hydrogen-bond acceptors (Lipinski definition) is 7. The van der Waals surface area contributed by atoms with Gasteiger partial charge in [0.1, 0.15) is 11.5 Å². The van der Waals surface area contributed by atoms with Crippen LogP contribution in [0.3, 0.4) is 0 Å². The van der Waals surface area contributed by atoms with Gasteiger partial charge in [-0.2, -0.15) is 18.2 Å². The Hall–Kier alpha value is -2.65. The fraction of sp³-hybridized carbons (Fsp3) is 0.444. The minimum absolute atomic E-state index is 0. The fourth-order valence-corrected chi connectivity index (χ4v) is 5.72. The fourth-order valence-electron chi connectivity index (χ4n) is 4.31. The molecular weight excluding hydrogens is 513 g/mol. The molecule has 0 unspecified atom stereocenters. The number of carbonyl (C=O) groups is 1. The van der Waals surface area contributed by atoms with Crippen LogP contribution in [0.25, 0.3) is 0 Å². The van der Waals surface area contributed by atoms with Gasteiger partial charge in [-0.1, -0.05) is 0 Å². The van der Waals surface area contributed by atoms with E-state index in [-0.39, 0.29) is 23.2 Å². The highest BCUT2D eigenvalue weighted by Crippen LogP contribution is 2.71. The first-order chi connectivity index (χ1) is 15.7. The number of alkyl halides is 3. The zero-order chi connectivity index (χ0) is 24.8. The smallest absolute Gasteiger partial charge is 0.412 e. The maximum Gasteiger partial charge on any atom is 0.539 e. The maximum atomic E-state index is 13.9. The van der Waals surface area contributed by atoms with Gasteiger partial charge in [0.2, 0.25) is 17.6 Å². The molecular formula is C18H17F6N4O6P. The topological polar surface area (TPSA) is 140 Å². The highest BCUT2D eigenvalue weighted by atomic mass is 31.2. The Morgan fingerprint density at radius 1 is 1.26 bits per heavy atom. The minimum Gasteiger partial charge on any atom is -0.412 e. The molecule has 5 bridgehead atoms. The highest BCUT2D eigenvalue weighted by molar-refractivity contribution is 7.50. The number of carbonyl (C=O) groups excluding carboxylic acids is 1. The van der Waals surface area contributed by atoms with Crippen LogP contribution < -0.4 is 10.3 Å². The lowest BCUT2D eigenvalue weighted by Gasteiger charge is -2.49. The van der Waals surface area contributed by atoms with Crippen LogP contribution in [0.15, 0.2) is 12.1 Å². The van der Waals surface area contributed by atoms with E-state index < -0.39 is 80.0 Å². The van der Waals surface area contributed by atoms with Crippen molar-refractivity contribution >= 4 is 13.7 Å². The number of phosphoric ester groups is 1. The summed E-state index contributed by atoms with van der Waals surface area (Å²) in [6.07, 6.45) is -5.70. The molecule has 4 N–H and O–H groups in total. The molecule has 0 radical (unpaired) electrons. The zero-order valence-electron chi connectivity index (χ0n) is 17.6. The number of nitrogens with zero attached hydrogens (tertiary/aromatic N) is 3. The summed E-state index contributed by atoms with van der Waals surface area (Å²) in [7, 11) is -4.20. The molecule has 2 aromatic rings. The Balaban J connectivity index is 0.00000289. The summed E-state index contributed by atoms with van der Waals surface area (Å²) in [5.74, 6) is -8.73. The molecule has 17 heteroatoms. The Bertz CT molecular complexity index is 1260. The van der Waals surface area contributed by atoms with Crippen LogP contribution in [0, 0.1) is 17.5 Å². The van der Waals surface area contributed by atoms with Crippen LogP contribution in [0.1, 0.15) is 36.5 Å². The average Bonchev–Trinajstić information content (AvgIpc) is 3.01. The van der Waals surface area contributed by atoms with E-state index in [2.05, 4.69) is 4.98 Å².